The van der Waals surface area contributed by atoms with Crippen molar-refractivity contribution in [1.29, 1.82) is 0 Å². The van der Waals surface area contributed by atoms with Gasteiger partial charge in [0.25, 0.3) is 0 Å². The number of aliphatic hydroxyl groups excluding tert-OH is 4. The van der Waals surface area contributed by atoms with E-state index in [1.165, 1.54) is 14.0 Å². The van der Waals surface area contributed by atoms with E-state index < -0.39 is 61.1 Å². The lowest BCUT2D eigenvalue weighted by Gasteiger charge is -2.46. The van der Waals surface area contributed by atoms with Crippen molar-refractivity contribution in [3.8, 4) is 0 Å². The summed E-state index contributed by atoms with van der Waals surface area (Å²) >= 11 is 0. The Morgan fingerprint density at radius 1 is 1.29 bits per heavy atom. The zero-order chi connectivity index (χ0) is 18.7. The Hall–Kier alpha value is -1.30. The number of hydrogen-bond donors (Lipinski definition) is 5. The van der Waals surface area contributed by atoms with E-state index >= 15 is 0 Å². The average molecular weight is 351 g/mol. The standard InChI is InChI=1S/C14H25NO9/c1-4-23-13(21)8(15(3)7(2)17)5-14(22)12(20)11(19)10(18)9(6-16)24-14/h8-12,16,18-20,22H,4-6H2,1-3H3/t8-,9-,10-,11+,12-,14+/m1/s1. The fraction of sp³-hybridized carbons (Fsp3) is 0.857. The molecule has 0 aromatic rings. The van der Waals surface area contributed by atoms with Crippen molar-refractivity contribution in [2.24, 2.45) is 0 Å². The van der Waals surface area contributed by atoms with Gasteiger partial charge in [-0.1, -0.05) is 0 Å². The second-order valence-electron chi connectivity index (χ2n) is 5.71. The molecule has 140 valence electrons. The summed E-state index contributed by atoms with van der Waals surface area (Å²) in [4.78, 5) is 24.6. The van der Waals surface area contributed by atoms with Gasteiger partial charge in [0.15, 0.2) is 5.79 Å². The summed E-state index contributed by atoms with van der Waals surface area (Å²) in [7, 11) is 1.30. The first kappa shape index (κ1) is 20.7. The largest absolute Gasteiger partial charge is 0.464 e. The summed E-state index contributed by atoms with van der Waals surface area (Å²) in [6.45, 7) is 2.05. The van der Waals surface area contributed by atoms with Crippen LogP contribution >= 0.6 is 0 Å². The molecule has 1 heterocycles. The van der Waals surface area contributed by atoms with Crippen LogP contribution in [0.15, 0.2) is 0 Å². The number of likely N-dealkylation sites (N-methyl/N-ethyl adjacent to an activating group) is 1. The van der Waals surface area contributed by atoms with Crippen molar-refractivity contribution in [1.82, 2.24) is 4.90 Å². The lowest BCUT2D eigenvalue weighted by molar-refractivity contribution is -0.353. The van der Waals surface area contributed by atoms with Crippen LogP contribution in [0, 0.1) is 0 Å². The van der Waals surface area contributed by atoms with Gasteiger partial charge in [0.1, 0.15) is 30.5 Å². The van der Waals surface area contributed by atoms with Crippen LogP contribution in [-0.2, 0) is 19.1 Å². The Labute approximate surface area is 139 Å². The number of amides is 1. The number of nitrogens with zero attached hydrogens (tertiary/aromatic N) is 1. The van der Waals surface area contributed by atoms with E-state index in [1.807, 2.05) is 0 Å². The molecule has 10 heteroatoms. The number of esters is 1. The molecule has 5 N–H and O–H groups in total. The maximum atomic E-state index is 12.1. The van der Waals surface area contributed by atoms with Gasteiger partial charge in [-0.25, -0.2) is 4.79 Å². The van der Waals surface area contributed by atoms with Crippen molar-refractivity contribution >= 4 is 11.9 Å². The predicted molar refractivity (Wildman–Crippen MR) is 78.4 cm³/mol. The molecule has 0 unspecified atom stereocenters. The Morgan fingerprint density at radius 2 is 1.88 bits per heavy atom. The highest BCUT2D eigenvalue weighted by Crippen LogP contribution is 2.32. The lowest BCUT2D eigenvalue weighted by Crippen LogP contribution is -2.67. The molecule has 0 spiro atoms. The topological polar surface area (TPSA) is 157 Å². The molecule has 10 nitrogen and oxygen atoms in total. The first-order valence-corrected chi connectivity index (χ1v) is 7.54. The van der Waals surface area contributed by atoms with Gasteiger partial charge < -0.3 is 39.9 Å². The van der Waals surface area contributed by atoms with Crippen molar-refractivity contribution in [3.05, 3.63) is 0 Å². The molecule has 1 saturated heterocycles. The summed E-state index contributed by atoms with van der Waals surface area (Å²) in [5, 5.41) is 49.3. The molecule has 1 rings (SSSR count). The first-order valence-electron chi connectivity index (χ1n) is 7.54. The molecule has 1 amide bonds. The minimum absolute atomic E-state index is 0.0313. The number of rotatable bonds is 6. The first-order chi connectivity index (χ1) is 11.1. The van der Waals surface area contributed by atoms with Crippen LogP contribution in [0.3, 0.4) is 0 Å². The van der Waals surface area contributed by atoms with E-state index in [-0.39, 0.29) is 6.61 Å². The summed E-state index contributed by atoms with van der Waals surface area (Å²) in [5.41, 5.74) is 0. The molecule has 1 aliphatic rings. The third kappa shape index (κ3) is 4.21. The molecule has 24 heavy (non-hydrogen) atoms. The third-order valence-electron chi connectivity index (χ3n) is 4.06. The van der Waals surface area contributed by atoms with Crippen LogP contribution in [-0.4, -0.2) is 98.8 Å². The lowest BCUT2D eigenvalue weighted by atomic mass is 9.88. The highest BCUT2D eigenvalue weighted by atomic mass is 16.7. The second kappa shape index (κ2) is 8.19. The van der Waals surface area contributed by atoms with Crippen molar-refractivity contribution in [3.63, 3.8) is 0 Å². The summed E-state index contributed by atoms with van der Waals surface area (Å²) in [6.07, 6.45) is -7.40. The molecular formula is C14H25NO9. The maximum Gasteiger partial charge on any atom is 0.329 e. The van der Waals surface area contributed by atoms with Gasteiger partial charge in [-0.05, 0) is 6.92 Å². The molecule has 1 fully saturated rings. The second-order valence-corrected chi connectivity index (χ2v) is 5.71. The summed E-state index contributed by atoms with van der Waals surface area (Å²) < 4.78 is 9.96. The molecule has 0 aliphatic carbocycles. The van der Waals surface area contributed by atoms with Crippen LogP contribution in [0.2, 0.25) is 0 Å². The van der Waals surface area contributed by atoms with E-state index in [2.05, 4.69) is 0 Å². The van der Waals surface area contributed by atoms with Gasteiger partial charge >= 0.3 is 5.97 Å². The van der Waals surface area contributed by atoms with Gasteiger partial charge in [0.05, 0.1) is 13.2 Å². The van der Waals surface area contributed by atoms with Gasteiger partial charge in [-0.2, -0.15) is 0 Å². The van der Waals surface area contributed by atoms with Crippen molar-refractivity contribution in [2.75, 3.05) is 20.3 Å². The fourth-order valence-electron chi connectivity index (χ4n) is 2.50. The molecule has 0 radical (unpaired) electrons. The number of carbonyl (C=O) groups is 2. The van der Waals surface area contributed by atoms with Gasteiger partial charge in [0.2, 0.25) is 5.91 Å². The van der Waals surface area contributed by atoms with E-state index in [1.54, 1.807) is 6.92 Å². The van der Waals surface area contributed by atoms with E-state index in [4.69, 9.17) is 9.47 Å². The average Bonchev–Trinajstić information content (AvgIpc) is 2.53. The highest BCUT2D eigenvalue weighted by molar-refractivity contribution is 5.83. The normalized spacial score (nSPS) is 34.5. The third-order valence-corrected chi connectivity index (χ3v) is 4.06. The Kier molecular flexibility index (Phi) is 7.08. The van der Waals surface area contributed by atoms with Crippen LogP contribution in [0.1, 0.15) is 20.3 Å². The van der Waals surface area contributed by atoms with Crippen LogP contribution in [0.4, 0.5) is 0 Å². The fourth-order valence-corrected chi connectivity index (χ4v) is 2.50. The van der Waals surface area contributed by atoms with Gasteiger partial charge in [-0.3, -0.25) is 4.79 Å². The minimum Gasteiger partial charge on any atom is -0.464 e. The number of hydrogen-bond acceptors (Lipinski definition) is 9. The van der Waals surface area contributed by atoms with Crippen molar-refractivity contribution < 1.29 is 44.6 Å². The Morgan fingerprint density at radius 3 is 2.33 bits per heavy atom. The minimum atomic E-state index is -2.48. The SMILES string of the molecule is CCOC(=O)[C@@H](C[C@]1(O)O[C@H](CO)[C@@H](O)[C@H](O)[C@H]1O)N(C)C(C)=O. The molecule has 1 aliphatic heterocycles. The number of carbonyl (C=O) groups excluding carboxylic acids is 2. The molecule has 0 bridgehead atoms. The zero-order valence-electron chi connectivity index (χ0n) is 13.8. The Bertz CT molecular complexity index is 458. The molecule has 0 aromatic heterocycles. The number of aliphatic hydroxyl groups is 5. The molecule has 0 saturated carbocycles. The quantitative estimate of drug-likeness (QED) is 0.314. The Balaban J connectivity index is 3.09. The van der Waals surface area contributed by atoms with Crippen LogP contribution in [0.5, 0.6) is 0 Å². The van der Waals surface area contributed by atoms with Gasteiger partial charge in [-0.15, -0.1) is 0 Å². The van der Waals surface area contributed by atoms with E-state index in [0.29, 0.717) is 0 Å². The summed E-state index contributed by atoms with van der Waals surface area (Å²) in [6, 6.07) is -1.30. The van der Waals surface area contributed by atoms with Crippen molar-refractivity contribution in [2.45, 2.75) is 56.5 Å². The number of ether oxygens (including phenoxy) is 2. The maximum absolute atomic E-state index is 12.1. The van der Waals surface area contributed by atoms with Crippen LogP contribution < -0.4 is 0 Å². The predicted octanol–water partition coefficient (Wildman–Crippen LogP) is -3.05. The monoisotopic (exact) mass is 351 g/mol. The highest BCUT2D eigenvalue weighted by Gasteiger charge is 2.54. The molecule has 6 atom stereocenters. The van der Waals surface area contributed by atoms with Gasteiger partial charge in [0, 0.05) is 20.4 Å². The van der Waals surface area contributed by atoms with E-state index in [0.717, 1.165) is 4.90 Å². The smallest absolute Gasteiger partial charge is 0.329 e. The summed E-state index contributed by atoms with van der Waals surface area (Å²) in [5.74, 6) is -3.81. The zero-order valence-corrected chi connectivity index (χ0v) is 13.8. The molecule has 0 aromatic carbocycles. The van der Waals surface area contributed by atoms with E-state index in [9.17, 15) is 35.1 Å². The van der Waals surface area contributed by atoms with Crippen LogP contribution in [0.25, 0.3) is 0 Å². The molecular weight excluding hydrogens is 326 g/mol.